The van der Waals surface area contributed by atoms with Gasteiger partial charge >= 0.3 is 4.87 Å². The molecule has 186 valence electrons. The molecule has 0 aliphatic carbocycles. The molecule has 0 fully saturated rings. The van der Waals surface area contributed by atoms with E-state index in [2.05, 4.69) is 35.5 Å². The van der Waals surface area contributed by atoms with Gasteiger partial charge in [-0.15, -0.1) is 0 Å². The van der Waals surface area contributed by atoms with Crippen LogP contribution in [0.2, 0.25) is 0 Å². The third kappa shape index (κ3) is 5.60. The molecule has 2 atom stereocenters. The lowest BCUT2D eigenvalue weighted by molar-refractivity contribution is -0.173. The molecule has 10 nitrogen and oxygen atoms in total. The highest BCUT2D eigenvalue weighted by atomic mass is 32.1. The van der Waals surface area contributed by atoms with E-state index in [0.29, 0.717) is 0 Å². The van der Waals surface area contributed by atoms with Crippen LogP contribution >= 0.6 is 11.3 Å². The number of benzene rings is 1. The summed E-state index contributed by atoms with van der Waals surface area (Å²) in [5, 5.41) is 3.01. The maximum atomic E-state index is 12.3. The van der Waals surface area contributed by atoms with Crippen LogP contribution in [0.5, 0.6) is 0 Å². The summed E-state index contributed by atoms with van der Waals surface area (Å²) >= 11 is 1.23. The van der Waals surface area contributed by atoms with Crippen molar-refractivity contribution in [3.63, 3.8) is 0 Å². The maximum Gasteiger partial charge on any atom is 0.310 e. The van der Waals surface area contributed by atoms with Crippen molar-refractivity contribution in [2.75, 3.05) is 32.9 Å². The third-order valence-electron chi connectivity index (χ3n) is 5.92. The maximum absolute atomic E-state index is 12.3. The van der Waals surface area contributed by atoms with Gasteiger partial charge in [-0.2, -0.15) is 0 Å². The second-order valence-electron chi connectivity index (χ2n) is 8.19. The molecule has 4 rings (SSSR count). The van der Waals surface area contributed by atoms with Gasteiger partial charge in [-0.1, -0.05) is 30.4 Å². The molecule has 1 amide bonds. The van der Waals surface area contributed by atoms with Gasteiger partial charge in [0.25, 0.3) is 5.91 Å². The summed E-state index contributed by atoms with van der Waals surface area (Å²) in [6.07, 6.45) is 5.79. The van der Waals surface area contributed by atoms with Crippen molar-refractivity contribution in [2.45, 2.75) is 32.2 Å². The molecule has 2 unspecified atom stereocenters. The first kappa shape index (κ1) is 25.0. The van der Waals surface area contributed by atoms with Crippen LogP contribution < -0.4 is 15.3 Å². The number of thiazole rings is 1. The number of nitrogens with zero attached hydrogens (tertiary/aromatic N) is 4. The molecule has 0 saturated heterocycles. The molecule has 11 heteroatoms. The van der Waals surface area contributed by atoms with E-state index in [1.807, 2.05) is 29.4 Å². The predicted octanol–water partition coefficient (Wildman–Crippen LogP) is 2.61. The highest BCUT2D eigenvalue weighted by molar-refractivity contribution is 7.16. The lowest BCUT2D eigenvalue weighted by Gasteiger charge is -2.23. The number of methoxy groups -OCH3 is 1. The average molecular weight is 500 g/mol. The highest BCUT2D eigenvalue weighted by Gasteiger charge is 2.24. The lowest BCUT2D eigenvalue weighted by Crippen LogP contribution is -2.38. The van der Waals surface area contributed by atoms with Gasteiger partial charge in [0.2, 0.25) is 0 Å². The van der Waals surface area contributed by atoms with E-state index < -0.39 is 0 Å². The Morgan fingerprint density at radius 2 is 2.11 bits per heavy atom. The van der Waals surface area contributed by atoms with Crippen molar-refractivity contribution in [2.24, 2.45) is 0 Å². The second-order valence-corrected chi connectivity index (χ2v) is 9.18. The fraction of sp³-hybridized carbons (Fsp3) is 0.375. The fourth-order valence-electron chi connectivity index (χ4n) is 3.76. The van der Waals surface area contributed by atoms with Gasteiger partial charge in [-0.05, 0) is 35.4 Å². The van der Waals surface area contributed by atoms with Crippen LogP contribution in [0.25, 0.3) is 10.2 Å². The number of hydrogen-bond acceptors (Lipinski definition) is 9. The van der Waals surface area contributed by atoms with E-state index in [9.17, 15) is 9.59 Å². The van der Waals surface area contributed by atoms with E-state index >= 15 is 0 Å². The van der Waals surface area contributed by atoms with Crippen LogP contribution in [-0.4, -0.2) is 54.4 Å². The summed E-state index contributed by atoms with van der Waals surface area (Å²) in [4.78, 5) is 33.3. The quantitative estimate of drug-likeness (QED) is 0.425. The average Bonchev–Trinajstić information content (AvgIpc) is 3.48. The zero-order valence-electron chi connectivity index (χ0n) is 20.1. The normalized spacial score (nSPS) is 16.2. The molecule has 1 aliphatic rings. The van der Waals surface area contributed by atoms with Gasteiger partial charge < -0.3 is 9.47 Å². The smallest absolute Gasteiger partial charge is 0.310 e. The van der Waals surface area contributed by atoms with E-state index in [0.717, 1.165) is 32.2 Å². The number of carbonyl (C=O) groups is 1. The highest BCUT2D eigenvalue weighted by Crippen LogP contribution is 2.28. The summed E-state index contributed by atoms with van der Waals surface area (Å²) in [7, 11) is 4.54. The summed E-state index contributed by atoms with van der Waals surface area (Å²) < 4.78 is 13.2. The predicted molar refractivity (Wildman–Crippen MR) is 134 cm³/mol. The Balaban J connectivity index is 1.35. The number of likely N-dealkylation sites (N-methyl/N-ethyl adjacent to an activating group) is 1. The molecule has 0 saturated carbocycles. The number of fused-ring (bicyclic) bond motifs is 1. The summed E-state index contributed by atoms with van der Waals surface area (Å²) in [6, 6.07) is 10.0. The Morgan fingerprint density at radius 1 is 1.29 bits per heavy atom. The van der Waals surface area contributed by atoms with Crippen LogP contribution in [0.3, 0.4) is 0 Å². The number of aromatic nitrogens is 2. The van der Waals surface area contributed by atoms with Crippen molar-refractivity contribution in [1.82, 2.24) is 20.0 Å². The first-order valence-corrected chi connectivity index (χ1v) is 11.9. The largest absolute Gasteiger partial charge is 0.367 e. The van der Waals surface area contributed by atoms with Gasteiger partial charge in [0.05, 0.1) is 30.0 Å². The number of rotatable bonds is 10. The number of hydrazine groups is 1. The first-order valence-electron chi connectivity index (χ1n) is 11.1. The molecular formula is C24H29N5O5S. The van der Waals surface area contributed by atoms with Gasteiger partial charge in [-0.3, -0.25) is 24.0 Å². The van der Waals surface area contributed by atoms with Crippen molar-refractivity contribution >= 4 is 33.3 Å². The van der Waals surface area contributed by atoms with E-state index in [4.69, 9.17) is 14.3 Å². The fourth-order valence-corrected chi connectivity index (χ4v) is 4.69. The van der Waals surface area contributed by atoms with Gasteiger partial charge in [0, 0.05) is 32.5 Å². The number of carbonyl (C=O) groups excluding carboxylic acids is 1. The van der Waals surface area contributed by atoms with Crippen molar-refractivity contribution in [3.05, 3.63) is 69.6 Å². The third-order valence-corrected chi connectivity index (χ3v) is 6.86. The number of nitrogens with one attached hydrogen (secondary N) is 1. The van der Waals surface area contributed by atoms with Crippen LogP contribution in [0, 0.1) is 0 Å². The molecule has 35 heavy (non-hydrogen) atoms. The molecule has 3 aromatic rings. The van der Waals surface area contributed by atoms with Crippen molar-refractivity contribution < 1.29 is 19.1 Å². The zero-order chi connectivity index (χ0) is 24.9. The Hall–Kier alpha value is -3.09. The van der Waals surface area contributed by atoms with Crippen LogP contribution in [0.15, 0.2) is 53.6 Å². The number of amides is 1. The summed E-state index contributed by atoms with van der Waals surface area (Å²) in [6.45, 7) is 2.61. The van der Waals surface area contributed by atoms with E-state index in [1.54, 1.807) is 17.9 Å². The minimum atomic E-state index is -0.260. The van der Waals surface area contributed by atoms with Crippen LogP contribution in [0.1, 0.15) is 24.0 Å². The Morgan fingerprint density at radius 3 is 2.83 bits per heavy atom. The monoisotopic (exact) mass is 499 g/mol. The Bertz CT molecular complexity index is 1260. The molecular weight excluding hydrogens is 470 g/mol. The van der Waals surface area contributed by atoms with Gasteiger partial charge in [-0.25, -0.2) is 15.5 Å². The zero-order valence-corrected chi connectivity index (χ0v) is 20.9. The van der Waals surface area contributed by atoms with Gasteiger partial charge in [0.15, 0.2) is 0 Å². The molecule has 3 heterocycles. The Labute approximate surface area is 207 Å². The Kier molecular flexibility index (Phi) is 7.93. The number of pyridine rings is 1. The number of hydroxylamine groups is 2. The summed E-state index contributed by atoms with van der Waals surface area (Å²) in [5.74, 6) is 0.661. The van der Waals surface area contributed by atoms with Crippen molar-refractivity contribution in [3.8, 4) is 0 Å². The SMILES string of the molecule is COCn1c(=O)sc2cc(C(C)C3C=CN(c4ccc(COCC(=O)N(C)OC)cn4)N3)ccc21. The first-order chi connectivity index (χ1) is 16.9. The molecule has 0 spiro atoms. The molecule has 1 N–H and O–H groups in total. The number of ether oxygens (including phenoxy) is 2. The molecule has 0 radical (unpaired) electrons. The van der Waals surface area contributed by atoms with Crippen molar-refractivity contribution in [1.29, 1.82) is 0 Å². The number of hydrogen-bond donors (Lipinski definition) is 1. The summed E-state index contributed by atoms with van der Waals surface area (Å²) in [5.41, 5.74) is 6.36. The standard InChI is InChI=1S/C24H29N5O5S/c1-16(18-6-7-20-21(11-18)35-24(31)28(20)15-32-3)19-9-10-29(26-19)22-8-5-17(12-25-22)13-34-14-23(30)27(2)33-4/h5-12,16,19,26H,13-15H2,1-4H3. The minimum absolute atomic E-state index is 0.0226. The van der Waals surface area contributed by atoms with Crippen LogP contribution in [-0.2, 0) is 32.4 Å². The lowest BCUT2D eigenvalue weighted by atomic mass is 9.94. The molecule has 1 aliphatic heterocycles. The van der Waals surface area contributed by atoms with E-state index in [1.165, 1.54) is 25.5 Å². The van der Waals surface area contributed by atoms with Crippen LogP contribution in [0.4, 0.5) is 5.82 Å². The second kappa shape index (κ2) is 11.1. The molecule has 1 aromatic carbocycles. The molecule has 2 aromatic heterocycles. The molecule has 0 bridgehead atoms. The van der Waals surface area contributed by atoms with Gasteiger partial charge in [0.1, 0.15) is 19.2 Å². The van der Waals surface area contributed by atoms with E-state index in [-0.39, 0.29) is 42.7 Å². The number of anilines is 1. The minimum Gasteiger partial charge on any atom is -0.367 e. The topological polar surface area (TPSA) is 98.2 Å².